The monoisotopic (exact) mass is 582 g/mol. The first-order valence-corrected chi connectivity index (χ1v) is 13.3. The average Bonchev–Trinajstić information content (AvgIpc) is 2.92. The van der Waals surface area contributed by atoms with Crippen molar-refractivity contribution in [2.75, 3.05) is 26.1 Å². The molecule has 0 aromatic heterocycles. The summed E-state index contributed by atoms with van der Waals surface area (Å²) < 4.78 is 16.2. The van der Waals surface area contributed by atoms with Crippen molar-refractivity contribution >= 4 is 34.0 Å². The van der Waals surface area contributed by atoms with E-state index in [0.29, 0.717) is 37.5 Å². The Morgan fingerprint density at radius 1 is 1.03 bits per heavy atom. The molecule has 0 unspecified atom stereocenters. The number of hydrogen-bond donors (Lipinski definition) is 1. The van der Waals surface area contributed by atoms with Gasteiger partial charge in [-0.15, -0.1) is 0 Å². The van der Waals surface area contributed by atoms with E-state index in [0.717, 1.165) is 33.3 Å². The molecule has 0 radical (unpaired) electrons. The van der Waals surface area contributed by atoms with E-state index >= 15 is 0 Å². The van der Waals surface area contributed by atoms with Gasteiger partial charge in [-0.3, -0.25) is 9.59 Å². The Kier molecular flexibility index (Phi) is 11.0. The van der Waals surface area contributed by atoms with E-state index < -0.39 is 0 Å². The number of rotatable bonds is 9. The second kappa shape index (κ2) is 14.4. The van der Waals surface area contributed by atoms with Gasteiger partial charge in [0.25, 0.3) is 6.47 Å². The van der Waals surface area contributed by atoms with Crippen LogP contribution in [0.5, 0.6) is 11.5 Å². The smallest absolute Gasteiger partial charge is 0.293 e. The van der Waals surface area contributed by atoms with Gasteiger partial charge >= 0.3 is 0 Å². The zero-order valence-electron chi connectivity index (χ0n) is 22.3. The van der Waals surface area contributed by atoms with Crippen LogP contribution in [-0.2, 0) is 27.3 Å². The van der Waals surface area contributed by atoms with E-state index in [-0.39, 0.29) is 18.0 Å². The van der Waals surface area contributed by atoms with E-state index in [4.69, 9.17) is 9.47 Å². The highest BCUT2D eigenvalue weighted by Gasteiger charge is 2.33. The van der Waals surface area contributed by atoms with Gasteiger partial charge in [0.15, 0.2) is 11.5 Å². The van der Waals surface area contributed by atoms with Crippen molar-refractivity contribution in [1.82, 2.24) is 4.90 Å². The standard InChI is InChI=1S/C27H29BrN2O3.C3H6O2/c1-18-12-24(22-15-25(32-2)26(33-3)16-23(22)29-18)30(17-19-8-5-4-6-9-19)27(31)14-20-10-7-11-21(28)13-20;1-2-5-3-4/h4-11,13,15-16,18,24,29H,12,14,17H2,1-3H3;3H,2H2,1H3/t18-,24+;/m0./s1. The molecular formula is C30H35BrN2O5. The Balaban J connectivity index is 0.000000732. The third kappa shape index (κ3) is 7.74. The number of carbonyl (C=O) groups is 2. The quantitative estimate of drug-likeness (QED) is 0.304. The summed E-state index contributed by atoms with van der Waals surface area (Å²) in [5.41, 5.74) is 4.12. The van der Waals surface area contributed by atoms with Crippen LogP contribution in [0.4, 0.5) is 5.69 Å². The molecule has 1 heterocycles. The minimum Gasteiger partial charge on any atom is -0.493 e. The van der Waals surface area contributed by atoms with Crippen molar-refractivity contribution in [1.29, 1.82) is 0 Å². The van der Waals surface area contributed by atoms with Crippen LogP contribution in [0.2, 0.25) is 0 Å². The molecule has 0 bridgehead atoms. The molecule has 0 fully saturated rings. The predicted octanol–water partition coefficient (Wildman–Crippen LogP) is 6.16. The Labute approximate surface area is 233 Å². The number of nitrogens with zero attached hydrogens (tertiary/aromatic N) is 1. The molecule has 4 rings (SSSR count). The first kappa shape index (κ1) is 29.0. The maximum Gasteiger partial charge on any atom is 0.293 e. The zero-order valence-corrected chi connectivity index (χ0v) is 23.9. The number of methoxy groups -OCH3 is 2. The molecule has 8 heteroatoms. The van der Waals surface area contributed by atoms with Gasteiger partial charge in [0.1, 0.15) is 0 Å². The van der Waals surface area contributed by atoms with Crippen molar-refractivity contribution in [3.05, 3.63) is 87.9 Å². The summed E-state index contributed by atoms with van der Waals surface area (Å²) in [6, 6.07) is 22.2. The number of nitrogens with one attached hydrogen (secondary N) is 1. The van der Waals surface area contributed by atoms with Gasteiger partial charge in [0.2, 0.25) is 5.91 Å². The molecule has 2 atom stereocenters. The summed E-state index contributed by atoms with van der Waals surface area (Å²) in [5.74, 6) is 1.43. The van der Waals surface area contributed by atoms with Gasteiger partial charge in [-0.2, -0.15) is 0 Å². The van der Waals surface area contributed by atoms with Crippen LogP contribution in [0.3, 0.4) is 0 Å². The Bertz CT molecular complexity index is 1200. The van der Waals surface area contributed by atoms with Crippen LogP contribution in [0.1, 0.15) is 43.0 Å². The molecule has 202 valence electrons. The lowest BCUT2D eigenvalue weighted by atomic mass is 9.91. The summed E-state index contributed by atoms with van der Waals surface area (Å²) in [4.78, 5) is 25.0. The number of carbonyl (C=O) groups excluding carboxylic acids is 2. The largest absolute Gasteiger partial charge is 0.493 e. The second-order valence-corrected chi connectivity index (χ2v) is 9.87. The molecular weight excluding hydrogens is 548 g/mol. The lowest BCUT2D eigenvalue weighted by Crippen LogP contribution is -2.40. The van der Waals surface area contributed by atoms with Crippen LogP contribution in [0, 0.1) is 0 Å². The van der Waals surface area contributed by atoms with E-state index in [2.05, 4.69) is 45.0 Å². The van der Waals surface area contributed by atoms with E-state index in [9.17, 15) is 9.59 Å². The highest BCUT2D eigenvalue weighted by molar-refractivity contribution is 9.10. The van der Waals surface area contributed by atoms with Gasteiger partial charge in [-0.05, 0) is 49.6 Å². The molecule has 7 nitrogen and oxygen atoms in total. The molecule has 0 saturated carbocycles. The fourth-order valence-electron chi connectivity index (χ4n) is 4.52. The fraction of sp³-hybridized carbons (Fsp3) is 0.333. The Morgan fingerprint density at radius 2 is 1.71 bits per heavy atom. The highest BCUT2D eigenvalue weighted by Crippen LogP contribution is 2.43. The topological polar surface area (TPSA) is 77.1 Å². The lowest BCUT2D eigenvalue weighted by Gasteiger charge is -2.39. The highest BCUT2D eigenvalue weighted by atomic mass is 79.9. The number of fused-ring (bicyclic) bond motifs is 1. The van der Waals surface area contributed by atoms with Crippen molar-refractivity contribution in [2.45, 2.75) is 45.3 Å². The van der Waals surface area contributed by atoms with Gasteiger partial charge in [-0.1, -0.05) is 58.4 Å². The van der Waals surface area contributed by atoms with Gasteiger partial charge < -0.3 is 24.4 Å². The maximum atomic E-state index is 13.8. The van der Waals surface area contributed by atoms with E-state index in [1.165, 1.54) is 0 Å². The molecule has 38 heavy (non-hydrogen) atoms. The van der Waals surface area contributed by atoms with Gasteiger partial charge in [0, 0.05) is 34.4 Å². The number of ether oxygens (including phenoxy) is 3. The maximum absolute atomic E-state index is 13.8. The molecule has 3 aromatic carbocycles. The molecule has 0 saturated heterocycles. The SMILES string of the molecule is CCOC=O.COc1cc2c(cc1OC)[C@H](N(Cc1ccccc1)C(=O)Cc1cccc(Br)c1)C[C@H](C)N2. The number of amides is 1. The van der Waals surface area contributed by atoms with Crippen LogP contribution in [-0.4, -0.2) is 44.1 Å². The Morgan fingerprint density at radius 3 is 2.32 bits per heavy atom. The molecule has 0 spiro atoms. The van der Waals surface area contributed by atoms with E-state index in [1.54, 1.807) is 21.1 Å². The Hall–Kier alpha value is -3.52. The molecule has 1 amide bonds. The van der Waals surface area contributed by atoms with Crippen molar-refractivity contribution < 1.29 is 23.8 Å². The fourth-order valence-corrected chi connectivity index (χ4v) is 4.97. The summed E-state index contributed by atoms with van der Waals surface area (Å²) in [5, 5.41) is 3.55. The number of anilines is 1. The third-order valence-electron chi connectivity index (χ3n) is 6.26. The van der Waals surface area contributed by atoms with E-state index in [1.807, 2.05) is 59.5 Å². The third-order valence-corrected chi connectivity index (χ3v) is 6.76. The molecule has 1 N–H and O–H groups in total. The summed E-state index contributed by atoms with van der Waals surface area (Å²) in [6.07, 6.45) is 1.15. The minimum atomic E-state index is -0.0871. The molecule has 1 aliphatic rings. The zero-order chi connectivity index (χ0) is 27.5. The number of hydrogen-bond acceptors (Lipinski definition) is 6. The molecule has 0 aliphatic carbocycles. The van der Waals surface area contributed by atoms with Crippen LogP contribution in [0.15, 0.2) is 71.2 Å². The van der Waals surface area contributed by atoms with Gasteiger partial charge in [-0.25, -0.2) is 0 Å². The second-order valence-electron chi connectivity index (χ2n) is 8.96. The predicted molar refractivity (Wildman–Crippen MR) is 153 cm³/mol. The summed E-state index contributed by atoms with van der Waals surface area (Å²) in [7, 11) is 3.27. The summed E-state index contributed by atoms with van der Waals surface area (Å²) >= 11 is 3.52. The van der Waals surface area contributed by atoms with Crippen molar-refractivity contribution in [3.8, 4) is 11.5 Å². The number of halogens is 1. The van der Waals surface area contributed by atoms with Crippen LogP contribution >= 0.6 is 15.9 Å². The molecule has 1 aliphatic heterocycles. The minimum absolute atomic E-state index is 0.0871. The van der Waals surface area contributed by atoms with Crippen molar-refractivity contribution in [2.24, 2.45) is 0 Å². The van der Waals surface area contributed by atoms with Crippen LogP contribution < -0.4 is 14.8 Å². The number of benzene rings is 3. The lowest BCUT2D eigenvalue weighted by molar-refractivity contribution is -0.134. The van der Waals surface area contributed by atoms with Crippen molar-refractivity contribution in [3.63, 3.8) is 0 Å². The van der Waals surface area contributed by atoms with Crippen LogP contribution in [0.25, 0.3) is 0 Å². The van der Waals surface area contributed by atoms with Gasteiger partial charge in [0.05, 0.1) is 33.3 Å². The first-order chi connectivity index (χ1) is 18.4. The average molecular weight is 584 g/mol. The normalized spacial score (nSPS) is 15.6. The molecule has 3 aromatic rings. The first-order valence-electron chi connectivity index (χ1n) is 12.6. The summed E-state index contributed by atoms with van der Waals surface area (Å²) in [6.45, 7) is 5.35.